The highest BCUT2D eigenvalue weighted by Crippen LogP contribution is 2.25. The van der Waals surface area contributed by atoms with Crippen LogP contribution in [0.15, 0.2) is 34.2 Å². The molecule has 1 unspecified atom stereocenters. The van der Waals surface area contributed by atoms with Gasteiger partial charge in [0.1, 0.15) is 0 Å². The van der Waals surface area contributed by atoms with Gasteiger partial charge >= 0.3 is 0 Å². The number of fused-ring (bicyclic) bond motifs is 1. The molecule has 27 heavy (non-hydrogen) atoms. The molecule has 1 amide bonds. The lowest BCUT2D eigenvalue weighted by molar-refractivity contribution is -0.125. The maximum atomic E-state index is 12.5. The molecule has 2 aromatic rings. The van der Waals surface area contributed by atoms with Crippen molar-refractivity contribution < 1.29 is 14.4 Å². The number of oxime groups is 1. The van der Waals surface area contributed by atoms with Gasteiger partial charge in [0.25, 0.3) is 5.91 Å². The minimum absolute atomic E-state index is 0.0565. The molecular formula is C20H23N3O4. The first-order chi connectivity index (χ1) is 13.1. The second kappa shape index (κ2) is 7.52. The van der Waals surface area contributed by atoms with Crippen molar-refractivity contribution in [1.82, 2.24) is 4.98 Å². The lowest BCUT2D eigenvalue weighted by Crippen LogP contribution is -2.30. The molecule has 7 nitrogen and oxygen atoms in total. The molecule has 1 fully saturated rings. The molecule has 2 N–H and O–H groups in total. The number of nitrogens with one attached hydrogen (secondary N) is 2. The number of carbonyl (C=O) groups excluding carboxylic acids is 1. The van der Waals surface area contributed by atoms with Gasteiger partial charge in [-0.1, -0.05) is 12.1 Å². The number of amides is 1. The first-order valence-corrected chi connectivity index (χ1v) is 9.41. The van der Waals surface area contributed by atoms with Gasteiger partial charge < -0.3 is 19.9 Å². The summed E-state index contributed by atoms with van der Waals surface area (Å²) in [7, 11) is 0. The van der Waals surface area contributed by atoms with E-state index in [0.717, 1.165) is 49.4 Å². The average molecular weight is 369 g/mol. The third-order valence-corrected chi connectivity index (χ3v) is 5.21. The zero-order chi connectivity index (χ0) is 18.8. The molecule has 0 radical (unpaired) electrons. The second-order valence-electron chi connectivity index (χ2n) is 7.03. The fourth-order valence-corrected chi connectivity index (χ4v) is 3.60. The maximum absolute atomic E-state index is 12.5. The Hall–Kier alpha value is -2.67. The first kappa shape index (κ1) is 17.7. The molecule has 4 rings (SSSR count). The van der Waals surface area contributed by atoms with Crippen LogP contribution in [0.25, 0.3) is 10.9 Å². The summed E-state index contributed by atoms with van der Waals surface area (Å²) in [6.07, 6.45) is 2.48. The summed E-state index contributed by atoms with van der Waals surface area (Å²) in [5.74, 6) is 0.0882. The van der Waals surface area contributed by atoms with Gasteiger partial charge in [-0.15, -0.1) is 0 Å². The molecule has 7 heteroatoms. The summed E-state index contributed by atoms with van der Waals surface area (Å²) in [4.78, 5) is 33.4. The summed E-state index contributed by atoms with van der Waals surface area (Å²) in [5, 5.41) is 7.52. The Labute approximate surface area is 156 Å². The highest BCUT2D eigenvalue weighted by molar-refractivity contribution is 6.00. The molecule has 1 aromatic carbocycles. The minimum atomic E-state index is -0.626. The number of aryl methyl sites for hydroxylation is 1. The Bertz CT molecular complexity index is 944. The van der Waals surface area contributed by atoms with Gasteiger partial charge in [-0.05, 0) is 37.5 Å². The largest absolute Gasteiger partial charge is 0.382 e. The third-order valence-electron chi connectivity index (χ3n) is 5.21. The van der Waals surface area contributed by atoms with E-state index < -0.39 is 6.10 Å². The van der Waals surface area contributed by atoms with Crippen LogP contribution < -0.4 is 10.7 Å². The second-order valence-corrected chi connectivity index (χ2v) is 7.03. The number of ether oxygens (including phenoxy) is 1. The molecule has 0 spiro atoms. The number of rotatable bonds is 4. The van der Waals surface area contributed by atoms with Crippen LogP contribution >= 0.6 is 0 Å². The number of aromatic nitrogens is 1. The predicted molar refractivity (Wildman–Crippen MR) is 103 cm³/mol. The van der Waals surface area contributed by atoms with E-state index >= 15 is 0 Å². The van der Waals surface area contributed by atoms with Crippen molar-refractivity contribution >= 4 is 28.2 Å². The molecule has 2 aliphatic rings. The first-order valence-electron chi connectivity index (χ1n) is 9.41. The van der Waals surface area contributed by atoms with Crippen LogP contribution in [0.1, 0.15) is 31.9 Å². The summed E-state index contributed by atoms with van der Waals surface area (Å²) < 4.78 is 5.37. The zero-order valence-electron chi connectivity index (χ0n) is 15.3. The number of nitrogens with zero attached hydrogens (tertiary/aromatic N) is 1. The Balaban J connectivity index is 1.44. The Morgan fingerprint density at radius 2 is 2.11 bits per heavy atom. The number of aromatic amines is 1. The fraction of sp³-hybridized carbons (Fsp3) is 0.450. The van der Waals surface area contributed by atoms with Crippen LogP contribution in [-0.2, 0) is 20.8 Å². The smallest absolute Gasteiger partial charge is 0.268 e. The molecule has 0 bridgehead atoms. The van der Waals surface area contributed by atoms with E-state index in [-0.39, 0.29) is 11.3 Å². The van der Waals surface area contributed by atoms with E-state index in [2.05, 4.69) is 15.5 Å². The predicted octanol–water partition coefficient (Wildman–Crippen LogP) is 2.60. The number of pyridine rings is 1. The van der Waals surface area contributed by atoms with E-state index in [1.807, 2.05) is 13.0 Å². The molecule has 1 saturated heterocycles. The molecule has 3 heterocycles. The van der Waals surface area contributed by atoms with Crippen molar-refractivity contribution in [3.8, 4) is 0 Å². The van der Waals surface area contributed by atoms with E-state index in [9.17, 15) is 9.59 Å². The number of hydrogen-bond acceptors (Lipinski definition) is 5. The van der Waals surface area contributed by atoms with Crippen molar-refractivity contribution in [2.75, 3.05) is 18.5 Å². The van der Waals surface area contributed by atoms with Gasteiger partial charge in [0.05, 0.1) is 5.71 Å². The Morgan fingerprint density at radius 1 is 1.30 bits per heavy atom. The van der Waals surface area contributed by atoms with Crippen molar-refractivity contribution in [2.24, 2.45) is 11.1 Å². The van der Waals surface area contributed by atoms with Crippen molar-refractivity contribution in [3.63, 3.8) is 0 Å². The molecule has 142 valence electrons. The average Bonchev–Trinajstić information content (AvgIpc) is 3.19. The Morgan fingerprint density at radius 3 is 2.89 bits per heavy atom. The number of benzene rings is 1. The van der Waals surface area contributed by atoms with E-state index in [1.165, 1.54) is 0 Å². The van der Waals surface area contributed by atoms with Crippen LogP contribution in [0.5, 0.6) is 0 Å². The lowest BCUT2D eigenvalue weighted by atomic mass is 9.91. The van der Waals surface area contributed by atoms with Gasteiger partial charge in [-0.25, -0.2) is 0 Å². The minimum Gasteiger partial charge on any atom is -0.382 e. The monoisotopic (exact) mass is 369 g/mol. The van der Waals surface area contributed by atoms with Gasteiger partial charge in [0, 0.05) is 53.9 Å². The van der Waals surface area contributed by atoms with E-state index in [4.69, 9.17) is 9.57 Å². The van der Waals surface area contributed by atoms with Crippen LogP contribution in [0.3, 0.4) is 0 Å². The third kappa shape index (κ3) is 3.73. The normalized spacial score (nSPS) is 20.3. The SMILES string of the molecule is CCc1cc(=O)c2cc(NC(=O)C3CC(C4CCOCC4)=NO3)ccc2[nH]1. The summed E-state index contributed by atoms with van der Waals surface area (Å²) in [6, 6.07) is 6.89. The summed E-state index contributed by atoms with van der Waals surface area (Å²) in [6.45, 7) is 3.45. The van der Waals surface area contributed by atoms with Crippen LogP contribution in [0.2, 0.25) is 0 Å². The van der Waals surface area contributed by atoms with Gasteiger partial charge in [0.2, 0.25) is 6.10 Å². The highest BCUT2D eigenvalue weighted by atomic mass is 16.6. The molecule has 1 aromatic heterocycles. The zero-order valence-corrected chi connectivity index (χ0v) is 15.3. The van der Waals surface area contributed by atoms with Crippen LogP contribution in [0, 0.1) is 5.92 Å². The lowest BCUT2D eigenvalue weighted by Gasteiger charge is -2.21. The van der Waals surface area contributed by atoms with Crippen molar-refractivity contribution in [3.05, 3.63) is 40.2 Å². The Kier molecular flexibility index (Phi) is 4.94. The molecular weight excluding hydrogens is 346 g/mol. The molecule has 0 aliphatic carbocycles. The standard InChI is InChI=1S/C20H23N3O4/c1-2-13-10-18(24)15-9-14(3-4-16(15)21-13)22-20(25)19-11-17(23-27-19)12-5-7-26-8-6-12/h3-4,9-10,12,19H,2,5-8,11H2,1H3,(H,21,24)(H,22,25). The number of anilines is 1. The highest BCUT2D eigenvalue weighted by Gasteiger charge is 2.32. The molecule has 2 aliphatic heterocycles. The van der Waals surface area contributed by atoms with E-state index in [1.54, 1.807) is 18.2 Å². The fourth-order valence-electron chi connectivity index (χ4n) is 3.60. The van der Waals surface area contributed by atoms with Crippen molar-refractivity contribution in [2.45, 2.75) is 38.7 Å². The number of hydrogen-bond donors (Lipinski definition) is 2. The summed E-state index contributed by atoms with van der Waals surface area (Å²) in [5.41, 5.74) is 3.12. The topological polar surface area (TPSA) is 92.8 Å². The van der Waals surface area contributed by atoms with Crippen LogP contribution in [0.4, 0.5) is 5.69 Å². The quantitative estimate of drug-likeness (QED) is 0.866. The van der Waals surface area contributed by atoms with Crippen LogP contribution in [-0.4, -0.2) is 35.9 Å². The van der Waals surface area contributed by atoms with Gasteiger partial charge in [-0.3, -0.25) is 9.59 Å². The number of carbonyl (C=O) groups is 1. The number of H-pyrrole nitrogens is 1. The molecule has 1 atom stereocenters. The van der Waals surface area contributed by atoms with Gasteiger partial charge in [-0.2, -0.15) is 0 Å². The van der Waals surface area contributed by atoms with E-state index in [0.29, 0.717) is 23.4 Å². The molecule has 0 saturated carbocycles. The maximum Gasteiger partial charge on any atom is 0.268 e. The van der Waals surface area contributed by atoms with Crippen molar-refractivity contribution in [1.29, 1.82) is 0 Å². The summed E-state index contributed by atoms with van der Waals surface area (Å²) >= 11 is 0. The van der Waals surface area contributed by atoms with Gasteiger partial charge in [0.15, 0.2) is 5.43 Å².